The van der Waals surface area contributed by atoms with Crippen LogP contribution in [0, 0.1) is 0 Å². The van der Waals surface area contributed by atoms with E-state index >= 15 is 0 Å². The number of alkyl halides is 6. The van der Waals surface area contributed by atoms with Crippen LogP contribution < -0.4 is 15.0 Å². The third kappa shape index (κ3) is 6.49. The van der Waals surface area contributed by atoms with E-state index < -0.39 is 24.5 Å². The first-order chi connectivity index (χ1) is 17.9. The van der Waals surface area contributed by atoms with Gasteiger partial charge in [-0.15, -0.1) is 0 Å². The van der Waals surface area contributed by atoms with Crippen molar-refractivity contribution in [3.8, 4) is 6.01 Å². The second kappa shape index (κ2) is 10.8. The van der Waals surface area contributed by atoms with E-state index in [1.165, 1.54) is 12.1 Å². The minimum Gasteiger partial charge on any atom is -0.440 e. The fourth-order valence-corrected chi connectivity index (χ4v) is 3.68. The van der Waals surface area contributed by atoms with Crippen molar-refractivity contribution in [2.45, 2.75) is 18.5 Å². The number of nitrogens with zero attached hydrogens (tertiary/aromatic N) is 5. The van der Waals surface area contributed by atoms with E-state index in [1.54, 1.807) is 47.4 Å². The predicted octanol–water partition coefficient (Wildman–Crippen LogP) is 4.47. The summed E-state index contributed by atoms with van der Waals surface area (Å²) in [5.41, 5.74) is 0.745. The van der Waals surface area contributed by atoms with E-state index in [9.17, 15) is 31.1 Å². The number of aromatic nitrogens is 3. The third-order valence-corrected chi connectivity index (χ3v) is 5.66. The van der Waals surface area contributed by atoms with Gasteiger partial charge in [0.25, 0.3) is 6.10 Å². The topological polar surface area (TPSA) is 83.5 Å². The van der Waals surface area contributed by atoms with E-state index in [0.29, 0.717) is 31.7 Å². The number of halogens is 6. The highest BCUT2D eigenvalue weighted by Crippen LogP contribution is 2.36. The number of anilines is 3. The van der Waals surface area contributed by atoms with Gasteiger partial charge in [-0.25, -0.2) is 0 Å². The summed E-state index contributed by atoms with van der Waals surface area (Å²) in [6, 6.07) is 13.4. The second-order valence-corrected chi connectivity index (χ2v) is 8.48. The van der Waals surface area contributed by atoms with Gasteiger partial charge in [-0.2, -0.15) is 41.3 Å². The first kappa shape index (κ1) is 27.1. The highest BCUT2D eigenvalue weighted by Gasteiger charge is 2.59. The van der Waals surface area contributed by atoms with Crippen LogP contribution in [0.4, 0.5) is 43.9 Å². The van der Waals surface area contributed by atoms with Gasteiger partial charge >= 0.3 is 18.4 Å². The number of carbonyl (C=O) groups is 1. The molecule has 4 rings (SSSR count). The van der Waals surface area contributed by atoms with Crippen LogP contribution in [0.2, 0.25) is 0 Å². The molecular formula is C24H22F6N6O2. The van der Waals surface area contributed by atoms with Crippen molar-refractivity contribution < 1.29 is 35.9 Å². The van der Waals surface area contributed by atoms with E-state index in [2.05, 4.69) is 25.0 Å². The molecule has 38 heavy (non-hydrogen) atoms. The number of hydrogen-bond donors (Lipinski definition) is 1. The standard InChI is InChI=1S/C24H22F6N6O2/c1-35-11-13-36(14-12-35)21-32-20(33-22(34-21)38-19(23(25,26)27)24(28,29)30)31-17-10-6-5-9-16(17)18(37)15-7-3-2-4-8-15/h2-10,19H,11-14H2,1H3,(H,31,32,33,34). The van der Waals surface area contributed by atoms with Crippen LogP contribution in [0.15, 0.2) is 54.6 Å². The zero-order valence-electron chi connectivity index (χ0n) is 19.9. The maximum Gasteiger partial charge on any atom is 0.434 e. The van der Waals surface area contributed by atoms with E-state index in [-0.39, 0.29) is 28.9 Å². The van der Waals surface area contributed by atoms with Gasteiger partial charge in [0.2, 0.25) is 11.9 Å². The number of para-hydroxylation sites is 1. The van der Waals surface area contributed by atoms with Crippen LogP contribution in [-0.4, -0.2) is 77.3 Å². The summed E-state index contributed by atoms with van der Waals surface area (Å²) in [7, 11) is 1.87. The third-order valence-electron chi connectivity index (χ3n) is 5.66. The predicted molar refractivity (Wildman–Crippen MR) is 126 cm³/mol. The number of benzene rings is 2. The fraction of sp³-hybridized carbons (Fsp3) is 0.333. The maximum absolute atomic E-state index is 13.2. The number of piperazine rings is 1. The molecule has 1 fully saturated rings. The Hall–Kier alpha value is -3.94. The van der Waals surface area contributed by atoms with Crippen LogP contribution in [0.5, 0.6) is 6.01 Å². The Balaban J connectivity index is 1.71. The fourth-order valence-electron chi connectivity index (χ4n) is 3.68. The van der Waals surface area contributed by atoms with Crippen molar-refractivity contribution in [3.05, 3.63) is 65.7 Å². The molecule has 0 amide bonds. The molecule has 0 radical (unpaired) electrons. The smallest absolute Gasteiger partial charge is 0.434 e. The Labute approximate surface area is 213 Å². The molecule has 1 aliphatic heterocycles. The highest BCUT2D eigenvalue weighted by molar-refractivity contribution is 6.12. The summed E-state index contributed by atoms with van der Waals surface area (Å²) >= 11 is 0. The average molecular weight is 540 g/mol. The van der Waals surface area contributed by atoms with Crippen molar-refractivity contribution in [2.24, 2.45) is 0 Å². The van der Waals surface area contributed by atoms with E-state index in [0.717, 1.165) is 0 Å². The van der Waals surface area contributed by atoms with Crippen molar-refractivity contribution >= 4 is 23.4 Å². The summed E-state index contributed by atoms with van der Waals surface area (Å²) in [5.74, 6) is -0.923. The zero-order chi connectivity index (χ0) is 27.5. The largest absolute Gasteiger partial charge is 0.440 e. The molecule has 1 aliphatic rings. The van der Waals surface area contributed by atoms with Gasteiger partial charge in [0.05, 0.1) is 5.69 Å². The second-order valence-electron chi connectivity index (χ2n) is 8.48. The van der Waals surface area contributed by atoms with Gasteiger partial charge in [-0.1, -0.05) is 42.5 Å². The summed E-state index contributed by atoms with van der Waals surface area (Å²) in [6.45, 7) is 1.86. The summed E-state index contributed by atoms with van der Waals surface area (Å²) in [4.78, 5) is 28.3. The zero-order valence-corrected chi connectivity index (χ0v) is 19.9. The molecule has 0 spiro atoms. The van der Waals surface area contributed by atoms with Crippen molar-refractivity contribution in [2.75, 3.05) is 43.4 Å². The maximum atomic E-state index is 13.2. The molecule has 0 bridgehead atoms. The Bertz CT molecular complexity index is 1250. The Morgan fingerprint density at radius 2 is 1.47 bits per heavy atom. The Morgan fingerprint density at radius 1 is 0.868 bits per heavy atom. The van der Waals surface area contributed by atoms with Crippen LogP contribution in [-0.2, 0) is 0 Å². The van der Waals surface area contributed by atoms with Gasteiger partial charge in [-0.05, 0) is 19.2 Å². The molecule has 2 aromatic carbocycles. The van der Waals surface area contributed by atoms with Crippen molar-refractivity contribution in [3.63, 3.8) is 0 Å². The number of hydrogen-bond acceptors (Lipinski definition) is 8. The molecule has 0 aliphatic carbocycles. The van der Waals surface area contributed by atoms with E-state index in [4.69, 9.17) is 0 Å². The molecule has 1 aromatic heterocycles. The van der Waals surface area contributed by atoms with Gasteiger partial charge < -0.3 is 19.9 Å². The number of nitrogens with one attached hydrogen (secondary N) is 1. The number of ether oxygens (including phenoxy) is 1. The number of rotatable bonds is 7. The highest BCUT2D eigenvalue weighted by atomic mass is 19.4. The summed E-state index contributed by atoms with van der Waals surface area (Å²) in [5, 5.41) is 2.74. The SMILES string of the molecule is CN1CCN(c2nc(Nc3ccccc3C(=O)c3ccccc3)nc(OC(C(F)(F)F)C(F)(F)F)n2)CC1. The lowest BCUT2D eigenvalue weighted by Crippen LogP contribution is -2.47. The van der Waals surface area contributed by atoms with Crippen LogP contribution >= 0.6 is 0 Å². The van der Waals surface area contributed by atoms with Crippen molar-refractivity contribution in [1.82, 2.24) is 19.9 Å². The average Bonchev–Trinajstić information content (AvgIpc) is 2.87. The molecule has 0 atom stereocenters. The number of likely N-dealkylation sites (N-methyl/N-ethyl adjacent to an activating group) is 1. The minimum atomic E-state index is -5.76. The Morgan fingerprint density at radius 3 is 2.11 bits per heavy atom. The molecule has 1 saturated heterocycles. The monoisotopic (exact) mass is 540 g/mol. The van der Waals surface area contributed by atoms with Gasteiger partial charge in [0, 0.05) is 37.3 Å². The molecule has 3 aromatic rings. The van der Waals surface area contributed by atoms with Crippen LogP contribution in [0.25, 0.3) is 0 Å². The molecular weight excluding hydrogens is 518 g/mol. The minimum absolute atomic E-state index is 0.166. The Kier molecular flexibility index (Phi) is 7.71. The number of carbonyl (C=O) groups excluding carboxylic acids is 1. The summed E-state index contributed by atoms with van der Waals surface area (Å²) in [6.07, 6.45) is -15.7. The normalized spacial score (nSPS) is 15.0. The van der Waals surface area contributed by atoms with Gasteiger partial charge in [-0.3, -0.25) is 4.79 Å². The van der Waals surface area contributed by atoms with Gasteiger partial charge in [0.15, 0.2) is 5.78 Å². The molecule has 0 saturated carbocycles. The van der Waals surface area contributed by atoms with E-state index in [1.807, 2.05) is 11.9 Å². The molecule has 1 N–H and O–H groups in total. The lowest BCUT2D eigenvalue weighted by Gasteiger charge is -2.32. The molecule has 8 nitrogen and oxygen atoms in total. The molecule has 0 unspecified atom stereocenters. The first-order valence-electron chi connectivity index (χ1n) is 11.4. The quantitative estimate of drug-likeness (QED) is 0.347. The molecule has 14 heteroatoms. The van der Waals surface area contributed by atoms with Crippen molar-refractivity contribution in [1.29, 1.82) is 0 Å². The molecule has 202 valence electrons. The lowest BCUT2D eigenvalue weighted by atomic mass is 10.0. The van der Waals surface area contributed by atoms with Crippen LogP contribution in [0.1, 0.15) is 15.9 Å². The number of ketones is 1. The first-order valence-corrected chi connectivity index (χ1v) is 11.4. The molecule has 2 heterocycles. The summed E-state index contributed by atoms with van der Waals surface area (Å²) < 4.78 is 83.3. The van der Waals surface area contributed by atoms with Gasteiger partial charge in [0.1, 0.15) is 0 Å². The lowest BCUT2D eigenvalue weighted by molar-refractivity contribution is -0.301. The van der Waals surface area contributed by atoms with Crippen LogP contribution in [0.3, 0.4) is 0 Å².